The second kappa shape index (κ2) is 6.56. The van der Waals surface area contributed by atoms with Gasteiger partial charge < -0.3 is 15.2 Å². The highest BCUT2D eigenvalue weighted by Gasteiger charge is 2.16. The maximum atomic E-state index is 11.5. The number of carboxylic acid groups (broad SMARTS) is 1. The van der Waals surface area contributed by atoms with Crippen LogP contribution in [0.2, 0.25) is 0 Å². The molecule has 1 rings (SSSR count). The van der Waals surface area contributed by atoms with Crippen molar-refractivity contribution < 1.29 is 19.4 Å². The molecule has 0 heterocycles. The van der Waals surface area contributed by atoms with Crippen molar-refractivity contribution in [2.75, 3.05) is 6.61 Å². The average Bonchev–Trinajstić information content (AvgIpc) is 2.25. The number of aromatic carboxylic acids is 1. The number of nitrogens with one attached hydrogen (secondary N) is 1. The third kappa shape index (κ3) is 4.55. The minimum atomic E-state index is -1.09. The Morgan fingerprint density at radius 2 is 2.05 bits per heavy atom. The van der Waals surface area contributed by atoms with Gasteiger partial charge in [-0.05, 0) is 38.5 Å². The van der Waals surface area contributed by atoms with E-state index < -0.39 is 5.97 Å². The first-order valence-corrected chi connectivity index (χ1v) is 6.56. The van der Waals surface area contributed by atoms with Crippen LogP contribution >= 0.6 is 15.9 Å². The number of rotatable bonds is 5. The summed E-state index contributed by atoms with van der Waals surface area (Å²) in [6, 6.07) is 3.20. The third-order valence-corrected chi connectivity index (χ3v) is 2.72. The standard InChI is InChI=1S/C13H16BrNO4/c1-7(2)15-11(16)6-19-12-8(3)4-9(14)5-10(12)13(17)18/h4-5,7H,6H2,1-3H3,(H,15,16)(H,17,18). The largest absolute Gasteiger partial charge is 0.483 e. The van der Waals surface area contributed by atoms with E-state index in [2.05, 4.69) is 21.2 Å². The van der Waals surface area contributed by atoms with E-state index in [0.29, 0.717) is 10.0 Å². The molecule has 0 aliphatic heterocycles. The Morgan fingerprint density at radius 1 is 1.42 bits per heavy atom. The highest BCUT2D eigenvalue weighted by Crippen LogP contribution is 2.28. The molecule has 0 saturated carbocycles. The zero-order valence-corrected chi connectivity index (χ0v) is 12.6. The van der Waals surface area contributed by atoms with Crippen molar-refractivity contribution in [3.63, 3.8) is 0 Å². The summed E-state index contributed by atoms with van der Waals surface area (Å²) in [5, 5.41) is 11.8. The SMILES string of the molecule is Cc1cc(Br)cc(C(=O)O)c1OCC(=O)NC(C)C. The Labute approximate surface area is 120 Å². The van der Waals surface area contributed by atoms with Gasteiger partial charge in [-0.2, -0.15) is 0 Å². The lowest BCUT2D eigenvalue weighted by molar-refractivity contribution is -0.123. The maximum Gasteiger partial charge on any atom is 0.339 e. The molecule has 0 fully saturated rings. The Balaban J connectivity index is 2.89. The molecule has 0 radical (unpaired) electrons. The highest BCUT2D eigenvalue weighted by molar-refractivity contribution is 9.10. The van der Waals surface area contributed by atoms with Crippen LogP contribution in [0.25, 0.3) is 0 Å². The van der Waals surface area contributed by atoms with Crippen molar-refractivity contribution >= 4 is 27.8 Å². The molecule has 5 nitrogen and oxygen atoms in total. The van der Waals surface area contributed by atoms with Crippen LogP contribution in [0.3, 0.4) is 0 Å². The van der Waals surface area contributed by atoms with Gasteiger partial charge in [0.15, 0.2) is 6.61 Å². The van der Waals surface area contributed by atoms with Gasteiger partial charge in [-0.1, -0.05) is 15.9 Å². The van der Waals surface area contributed by atoms with Gasteiger partial charge in [0.2, 0.25) is 0 Å². The number of ether oxygens (including phenoxy) is 1. The van der Waals surface area contributed by atoms with Crippen LogP contribution in [0.15, 0.2) is 16.6 Å². The molecule has 0 aliphatic rings. The minimum absolute atomic E-state index is 0.0149. The normalized spacial score (nSPS) is 10.4. The predicted octanol–water partition coefficient (Wildman–Crippen LogP) is 2.36. The van der Waals surface area contributed by atoms with Gasteiger partial charge in [0, 0.05) is 10.5 Å². The van der Waals surface area contributed by atoms with E-state index in [9.17, 15) is 9.59 Å². The second-order valence-corrected chi connectivity index (χ2v) is 5.33. The quantitative estimate of drug-likeness (QED) is 0.869. The average molecular weight is 330 g/mol. The van der Waals surface area contributed by atoms with Crippen LogP contribution in [0, 0.1) is 6.92 Å². The molecule has 0 bridgehead atoms. The molecule has 104 valence electrons. The van der Waals surface area contributed by atoms with Crippen LogP contribution in [0.4, 0.5) is 0 Å². The van der Waals surface area contributed by atoms with E-state index in [4.69, 9.17) is 9.84 Å². The molecule has 1 aromatic rings. The number of carbonyl (C=O) groups is 2. The number of amides is 1. The van der Waals surface area contributed by atoms with Gasteiger partial charge in [-0.3, -0.25) is 4.79 Å². The van der Waals surface area contributed by atoms with Crippen LogP contribution in [-0.4, -0.2) is 29.6 Å². The van der Waals surface area contributed by atoms with Crippen molar-refractivity contribution in [1.82, 2.24) is 5.32 Å². The highest BCUT2D eigenvalue weighted by atomic mass is 79.9. The Bertz CT molecular complexity index is 500. The van der Waals surface area contributed by atoms with E-state index in [1.807, 2.05) is 13.8 Å². The molecule has 0 aromatic heterocycles. The molecular weight excluding hydrogens is 314 g/mol. The van der Waals surface area contributed by atoms with E-state index in [1.54, 1.807) is 13.0 Å². The summed E-state index contributed by atoms with van der Waals surface area (Å²) in [7, 11) is 0. The summed E-state index contributed by atoms with van der Waals surface area (Å²) in [4.78, 5) is 22.6. The van der Waals surface area contributed by atoms with Gasteiger partial charge in [0.1, 0.15) is 11.3 Å². The van der Waals surface area contributed by atoms with E-state index >= 15 is 0 Å². The van der Waals surface area contributed by atoms with Crippen LogP contribution in [-0.2, 0) is 4.79 Å². The van der Waals surface area contributed by atoms with Crippen molar-refractivity contribution in [3.05, 3.63) is 27.7 Å². The summed E-state index contributed by atoms with van der Waals surface area (Å²) in [5.74, 6) is -1.16. The Hall–Kier alpha value is -1.56. The molecule has 0 saturated heterocycles. The monoisotopic (exact) mass is 329 g/mol. The van der Waals surface area contributed by atoms with Crippen LogP contribution in [0.1, 0.15) is 29.8 Å². The third-order valence-electron chi connectivity index (χ3n) is 2.27. The number of carbonyl (C=O) groups excluding carboxylic acids is 1. The molecule has 0 unspecified atom stereocenters. The van der Waals surface area contributed by atoms with Gasteiger partial charge in [0.05, 0.1) is 0 Å². The van der Waals surface area contributed by atoms with Crippen LogP contribution < -0.4 is 10.1 Å². The molecular formula is C13H16BrNO4. The summed E-state index contributed by atoms with van der Waals surface area (Å²) >= 11 is 3.23. The molecule has 1 aromatic carbocycles. The van der Waals surface area contributed by atoms with E-state index in [-0.39, 0.29) is 29.9 Å². The first-order chi connectivity index (χ1) is 8.81. The zero-order valence-electron chi connectivity index (χ0n) is 11.0. The minimum Gasteiger partial charge on any atom is -0.483 e. The fourth-order valence-electron chi connectivity index (χ4n) is 1.58. The van der Waals surface area contributed by atoms with Gasteiger partial charge >= 0.3 is 5.97 Å². The lowest BCUT2D eigenvalue weighted by Gasteiger charge is -2.13. The Kier molecular flexibility index (Phi) is 5.35. The maximum absolute atomic E-state index is 11.5. The predicted molar refractivity (Wildman–Crippen MR) is 74.6 cm³/mol. The smallest absolute Gasteiger partial charge is 0.339 e. The number of aryl methyl sites for hydroxylation is 1. The molecule has 6 heteroatoms. The van der Waals surface area contributed by atoms with E-state index in [1.165, 1.54) is 6.07 Å². The first kappa shape index (κ1) is 15.5. The number of hydrogen-bond donors (Lipinski definition) is 2. The van der Waals surface area contributed by atoms with Crippen LogP contribution in [0.5, 0.6) is 5.75 Å². The second-order valence-electron chi connectivity index (χ2n) is 4.42. The molecule has 0 aliphatic carbocycles. The van der Waals surface area contributed by atoms with Crippen molar-refractivity contribution in [3.8, 4) is 5.75 Å². The van der Waals surface area contributed by atoms with Gasteiger partial charge in [0.25, 0.3) is 5.91 Å². The molecule has 2 N–H and O–H groups in total. The molecule has 0 spiro atoms. The number of benzene rings is 1. The van der Waals surface area contributed by atoms with Gasteiger partial charge in [-0.15, -0.1) is 0 Å². The number of hydrogen-bond acceptors (Lipinski definition) is 3. The summed E-state index contributed by atoms with van der Waals surface area (Å²) in [5.41, 5.74) is 0.688. The van der Waals surface area contributed by atoms with Gasteiger partial charge in [-0.25, -0.2) is 4.79 Å². The lowest BCUT2D eigenvalue weighted by Crippen LogP contribution is -2.34. The topological polar surface area (TPSA) is 75.6 Å². The zero-order chi connectivity index (χ0) is 14.6. The van der Waals surface area contributed by atoms with E-state index in [0.717, 1.165) is 0 Å². The van der Waals surface area contributed by atoms with Crippen molar-refractivity contribution in [2.45, 2.75) is 26.8 Å². The van der Waals surface area contributed by atoms with Crippen molar-refractivity contribution in [1.29, 1.82) is 0 Å². The molecule has 1 amide bonds. The lowest BCUT2D eigenvalue weighted by atomic mass is 10.1. The first-order valence-electron chi connectivity index (χ1n) is 5.77. The van der Waals surface area contributed by atoms with Crippen molar-refractivity contribution in [2.24, 2.45) is 0 Å². The fraction of sp³-hybridized carbons (Fsp3) is 0.385. The summed E-state index contributed by atoms with van der Waals surface area (Å²) < 4.78 is 5.99. The number of halogens is 1. The summed E-state index contributed by atoms with van der Waals surface area (Å²) in [6.07, 6.45) is 0. The number of carboxylic acids is 1. The fourth-order valence-corrected chi connectivity index (χ4v) is 2.15. The Morgan fingerprint density at radius 3 is 2.58 bits per heavy atom. The summed E-state index contributed by atoms with van der Waals surface area (Å²) in [6.45, 7) is 5.20. The molecule has 0 atom stereocenters. The molecule has 19 heavy (non-hydrogen) atoms.